The van der Waals surface area contributed by atoms with Crippen molar-refractivity contribution in [2.45, 2.75) is 40.2 Å². The lowest BCUT2D eigenvalue weighted by atomic mass is 9.89. The number of rotatable bonds is 7. The van der Waals surface area contributed by atoms with Gasteiger partial charge in [-0.1, -0.05) is 26.0 Å². The summed E-state index contributed by atoms with van der Waals surface area (Å²) in [7, 11) is 1.71. The van der Waals surface area contributed by atoms with Gasteiger partial charge in [-0.25, -0.2) is 0 Å². The molecular formula is C16H27NO2. The Labute approximate surface area is 117 Å². The number of nitrogens with one attached hydrogen (secondary N) is 1. The molecule has 0 aromatic heterocycles. The van der Waals surface area contributed by atoms with E-state index in [1.54, 1.807) is 7.11 Å². The molecule has 0 radical (unpaired) electrons. The van der Waals surface area contributed by atoms with Crippen molar-refractivity contribution in [2.24, 2.45) is 5.41 Å². The van der Waals surface area contributed by atoms with Gasteiger partial charge in [0.15, 0.2) is 0 Å². The third-order valence-corrected chi connectivity index (χ3v) is 3.53. The molecule has 0 spiro atoms. The Balaban J connectivity index is 2.70. The number of methoxy groups -OCH3 is 1. The highest BCUT2D eigenvalue weighted by Gasteiger charge is 2.19. The molecule has 1 aromatic carbocycles. The van der Waals surface area contributed by atoms with Gasteiger partial charge >= 0.3 is 0 Å². The minimum Gasteiger partial charge on any atom is -0.496 e. The van der Waals surface area contributed by atoms with Crippen LogP contribution in [-0.2, 0) is 0 Å². The van der Waals surface area contributed by atoms with Crippen molar-refractivity contribution in [3.05, 3.63) is 29.3 Å². The SMILES string of the molecule is COc1cc(C)ccc1C(C)NCC(C)(C)CCO. The molecule has 19 heavy (non-hydrogen) atoms. The Kier molecular flexibility index (Phi) is 5.83. The number of hydrogen-bond acceptors (Lipinski definition) is 3. The Morgan fingerprint density at radius 2 is 2.05 bits per heavy atom. The highest BCUT2D eigenvalue weighted by atomic mass is 16.5. The summed E-state index contributed by atoms with van der Waals surface area (Å²) in [4.78, 5) is 0. The molecule has 108 valence electrons. The van der Waals surface area contributed by atoms with Crippen molar-refractivity contribution >= 4 is 0 Å². The van der Waals surface area contributed by atoms with Gasteiger partial charge in [-0.15, -0.1) is 0 Å². The topological polar surface area (TPSA) is 41.5 Å². The maximum absolute atomic E-state index is 9.05. The Morgan fingerprint density at radius 3 is 2.63 bits per heavy atom. The summed E-state index contributed by atoms with van der Waals surface area (Å²) in [6, 6.07) is 6.51. The van der Waals surface area contributed by atoms with Crippen LogP contribution in [0.5, 0.6) is 5.75 Å². The van der Waals surface area contributed by atoms with Crippen molar-refractivity contribution in [3.63, 3.8) is 0 Å². The predicted octanol–water partition coefficient (Wildman–Crippen LogP) is 3.06. The van der Waals surface area contributed by atoms with E-state index in [1.165, 1.54) is 11.1 Å². The molecule has 0 saturated heterocycles. The van der Waals surface area contributed by atoms with Crippen molar-refractivity contribution < 1.29 is 9.84 Å². The van der Waals surface area contributed by atoms with Gasteiger partial charge in [-0.05, 0) is 37.3 Å². The molecule has 0 amide bonds. The normalized spacial score (nSPS) is 13.4. The lowest BCUT2D eigenvalue weighted by Gasteiger charge is -2.27. The molecule has 1 aromatic rings. The van der Waals surface area contributed by atoms with Crippen LogP contribution in [0.2, 0.25) is 0 Å². The minimum atomic E-state index is 0.0982. The van der Waals surface area contributed by atoms with Crippen LogP contribution >= 0.6 is 0 Å². The summed E-state index contributed by atoms with van der Waals surface area (Å²) < 4.78 is 5.45. The fraction of sp³-hybridized carbons (Fsp3) is 0.625. The lowest BCUT2D eigenvalue weighted by Crippen LogP contribution is -2.32. The molecule has 3 nitrogen and oxygen atoms in total. The summed E-state index contributed by atoms with van der Waals surface area (Å²) in [5.74, 6) is 0.931. The molecule has 0 saturated carbocycles. The van der Waals surface area contributed by atoms with E-state index < -0.39 is 0 Å². The standard InChI is InChI=1S/C16H27NO2/c1-12-6-7-14(15(10-12)19-5)13(2)17-11-16(3,4)8-9-18/h6-7,10,13,17-18H,8-9,11H2,1-5H3. The van der Waals surface area contributed by atoms with Gasteiger partial charge in [-0.2, -0.15) is 0 Å². The fourth-order valence-corrected chi connectivity index (χ4v) is 2.11. The van der Waals surface area contributed by atoms with Crippen LogP contribution in [0.25, 0.3) is 0 Å². The Hall–Kier alpha value is -1.06. The van der Waals surface area contributed by atoms with Crippen molar-refractivity contribution in [2.75, 3.05) is 20.3 Å². The first kappa shape index (κ1) is 16.0. The number of hydrogen-bond donors (Lipinski definition) is 2. The second-order valence-corrected chi connectivity index (χ2v) is 5.99. The number of aryl methyl sites for hydroxylation is 1. The second kappa shape index (κ2) is 6.92. The second-order valence-electron chi connectivity index (χ2n) is 5.99. The van der Waals surface area contributed by atoms with E-state index in [4.69, 9.17) is 9.84 Å². The highest BCUT2D eigenvalue weighted by molar-refractivity contribution is 5.39. The lowest BCUT2D eigenvalue weighted by molar-refractivity contribution is 0.203. The first-order valence-corrected chi connectivity index (χ1v) is 6.88. The zero-order chi connectivity index (χ0) is 14.5. The first-order chi connectivity index (χ1) is 8.89. The van der Waals surface area contributed by atoms with E-state index in [2.05, 4.69) is 51.2 Å². The third kappa shape index (κ3) is 4.84. The zero-order valence-electron chi connectivity index (χ0n) is 12.8. The van der Waals surface area contributed by atoms with Crippen LogP contribution in [0.15, 0.2) is 18.2 Å². The maximum atomic E-state index is 9.05. The van der Waals surface area contributed by atoms with E-state index in [0.717, 1.165) is 18.7 Å². The van der Waals surface area contributed by atoms with Gasteiger partial charge < -0.3 is 15.2 Å². The molecule has 0 heterocycles. The van der Waals surface area contributed by atoms with Gasteiger partial charge in [-0.3, -0.25) is 0 Å². The van der Waals surface area contributed by atoms with Crippen LogP contribution < -0.4 is 10.1 Å². The van der Waals surface area contributed by atoms with E-state index in [0.29, 0.717) is 0 Å². The third-order valence-electron chi connectivity index (χ3n) is 3.53. The molecule has 0 aliphatic heterocycles. The zero-order valence-corrected chi connectivity index (χ0v) is 12.8. The molecule has 1 unspecified atom stereocenters. The molecule has 0 bridgehead atoms. The van der Waals surface area contributed by atoms with Crippen LogP contribution in [0.4, 0.5) is 0 Å². The molecule has 1 rings (SSSR count). The summed E-state index contributed by atoms with van der Waals surface area (Å²) in [5.41, 5.74) is 2.47. The number of ether oxygens (including phenoxy) is 1. The highest BCUT2D eigenvalue weighted by Crippen LogP contribution is 2.27. The molecule has 0 aliphatic rings. The van der Waals surface area contributed by atoms with Crippen LogP contribution in [0.1, 0.15) is 44.4 Å². The monoisotopic (exact) mass is 265 g/mol. The van der Waals surface area contributed by atoms with Crippen LogP contribution in [0.3, 0.4) is 0 Å². The average Bonchev–Trinajstić information content (AvgIpc) is 2.35. The van der Waals surface area contributed by atoms with Crippen LogP contribution in [-0.4, -0.2) is 25.4 Å². The van der Waals surface area contributed by atoms with Gasteiger partial charge in [0.25, 0.3) is 0 Å². The number of benzene rings is 1. The van der Waals surface area contributed by atoms with E-state index in [-0.39, 0.29) is 18.1 Å². The average molecular weight is 265 g/mol. The van der Waals surface area contributed by atoms with Gasteiger partial charge in [0, 0.05) is 24.8 Å². The van der Waals surface area contributed by atoms with E-state index in [9.17, 15) is 0 Å². The quantitative estimate of drug-likeness (QED) is 0.796. The van der Waals surface area contributed by atoms with E-state index in [1.807, 2.05) is 0 Å². The summed E-state index contributed by atoms with van der Waals surface area (Å²) in [6.07, 6.45) is 0.803. The van der Waals surface area contributed by atoms with Crippen LogP contribution in [0, 0.1) is 12.3 Å². The molecule has 0 fully saturated rings. The largest absolute Gasteiger partial charge is 0.496 e. The molecule has 0 aliphatic carbocycles. The molecule has 3 heteroatoms. The first-order valence-electron chi connectivity index (χ1n) is 6.88. The molecule has 1 atom stereocenters. The number of aliphatic hydroxyl groups excluding tert-OH is 1. The summed E-state index contributed by atoms with van der Waals surface area (Å²) in [5, 5.41) is 12.6. The Morgan fingerprint density at radius 1 is 1.37 bits per heavy atom. The smallest absolute Gasteiger partial charge is 0.123 e. The Bertz CT molecular complexity index is 402. The molecular weight excluding hydrogens is 238 g/mol. The van der Waals surface area contributed by atoms with Gasteiger partial charge in [0.05, 0.1) is 7.11 Å². The summed E-state index contributed by atoms with van der Waals surface area (Å²) >= 11 is 0. The maximum Gasteiger partial charge on any atom is 0.123 e. The molecule has 2 N–H and O–H groups in total. The van der Waals surface area contributed by atoms with Crippen molar-refractivity contribution in [3.8, 4) is 5.75 Å². The van der Waals surface area contributed by atoms with Crippen molar-refractivity contribution in [1.82, 2.24) is 5.32 Å². The predicted molar refractivity (Wildman–Crippen MR) is 79.6 cm³/mol. The van der Waals surface area contributed by atoms with Gasteiger partial charge in [0.2, 0.25) is 0 Å². The van der Waals surface area contributed by atoms with Crippen molar-refractivity contribution in [1.29, 1.82) is 0 Å². The number of aliphatic hydroxyl groups is 1. The van der Waals surface area contributed by atoms with Gasteiger partial charge in [0.1, 0.15) is 5.75 Å². The van der Waals surface area contributed by atoms with E-state index >= 15 is 0 Å². The summed E-state index contributed by atoms with van der Waals surface area (Å²) in [6.45, 7) is 9.63. The fourth-order valence-electron chi connectivity index (χ4n) is 2.11. The minimum absolute atomic E-state index is 0.0982.